The Kier molecular flexibility index (Phi) is 16.8. The average molecular weight is 260 g/mol. The first kappa shape index (κ1) is 17.9. The third-order valence-corrected chi connectivity index (χ3v) is 2.95. The summed E-state index contributed by atoms with van der Waals surface area (Å²) in [6.07, 6.45) is 10.8. The molecule has 0 bridgehead atoms. The zero-order chi connectivity index (χ0) is 13.3. The number of methoxy groups -OCH3 is 1. The summed E-state index contributed by atoms with van der Waals surface area (Å²) in [5.41, 5.74) is 0. The molecule has 0 heterocycles. The van der Waals surface area contributed by atoms with Gasteiger partial charge in [0.25, 0.3) is 0 Å². The first-order chi connectivity index (χ1) is 8.91. The lowest BCUT2D eigenvalue weighted by Crippen LogP contribution is -2.08. The maximum atomic E-state index is 5.49. The second-order valence-electron chi connectivity index (χ2n) is 4.69. The predicted molar refractivity (Wildman–Crippen MR) is 76.1 cm³/mol. The lowest BCUT2D eigenvalue weighted by atomic mass is 10.1. The van der Waals surface area contributed by atoms with Crippen molar-refractivity contribution in [2.24, 2.45) is 0 Å². The Hall–Kier alpha value is -0.120. The normalized spacial score (nSPS) is 11.0. The molecular weight excluding hydrogens is 228 g/mol. The average Bonchev–Trinajstić information content (AvgIpc) is 2.39. The van der Waals surface area contributed by atoms with Crippen LogP contribution in [-0.2, 0) is 14.2 Å². The Morgan fingerprint density at radius 2 is 1.06 bits per heavy atom. The molecule has 0 aliphatic rings. The zero-order valence-corrected chi connectivity index (χ0v) is 12.4. The van der Waals surface area contributed by atoms with Crippen LogP contribution in [0.4, 0.5) is 0 Å². The SMILES string of the molecule is CCCCCCCCCCOCCOCCOC. The van der Waals surface area contributed by atoms with Gasteiger partial charge in [0.05, 0.1) is 26.4 Å². The summed E-state index contributed by atoms with van der Waals surface area (Å²) >= 11 is 0. The smallest absolute Gasteiger partial charge is 0.0701 e. The van der Waals surface area contributed by atoms with Gasteiger partial charge >= 0.3 is 0 Å². The molecule has 0 fully saturated rings. The Morgan fingerprint density at radius 3 is 1.67 bits per heavy atom. The van der Waals surface area contributed by atoms with Gasteiger partial charge in [0.1, 0.15) is 0 Å². The van der Waals surface area contributed by atoms with E-state index in [0.29, 0.717) is 26.4 Å². The molecule has 0 saturated heterocycles. The van der Waals surface area contributed by atoms with Crippen LogP contribution in [0, 0.1) is 0 Å². The molecule has 0 amide bonds. The largest absolute Gasteiger partial charge is 0.382 e. The lowest BCUT2D eigenvalue weighted by Gasteiger charge is -2.05. The van der Waals surface area contributed by atoms with Crippen LogP contribution in [0.25, 0.3) is 0 Å². The van der Waals surface area contributed by atoms with Crippen LogP contribution >= 0.6 is 0 Å². The van der Waals surface area contributed by atoms with E-state index in [-0.39, 0.29) is 0 Å². The Bertz CT molecular complexity index is 124. The van der Waals surface area contributed by atoms with Gasteiger partial charge in [-0.2, -0.15) is 0 Å². The fourth-order valence-corrected chi connectivity index (χ4v) is 1.80. The first-order valence-corrected chi connectivity index (χ1v) is 7.56. The van der Waals surface area contributed by atoms with Crippen molar-refractivity contribution >= 4 is 0 Å². The van der Waals surface area contributed by atoms with Crippen LogP contribution < -0.4 is 0 Å². The molecular formula is C15H32O3. The molecule has 0 N–H and O–H groups in total. The lowest BCUT2D eigenvalue weighted by molar-refractivity contribution is 0.0239. The highest BCUT2D eigenvalue weighted by Crippen LogP contribution is 2.08. The Labute approximate surface area is 113 Å². The number of hydrogen-bond acceptors (Lipinski definition) is 3. The van der Waals surface area contributed by atoms with Gasteiger partial charge in [-0.05, 0) is 6.42 Å². The summed E-state index contributed by atoms with van der Waals surface area (Å²) in [7, 11) is 1.68. The van der Waals surface area contributed by atoms with Gasteiger partial charge in [-0.1, -0.05) is 51.9 Å². The fourth-order valence-electron chi connectivity index (χ4n) is 1.80. The van der Waals surface area contributed by atoms with Crippen LogP contribution in [0.3, 0.4) is 0 Å². The van der Waals surface area contributed by atoms with Crippen LogP contribution in [0.2, 0.25) is 0 Å². The highest BCUT2D eigenvalue weighted by Gasteiger charge is 1.93. The maximum Gasteiger partial charge on any atom is 0.0701 e. The minimum absolute atomic E-state index is 0.664. The van der Waals surface area contributed by atoms with E-state index in [1.807, 2.05) is 0 Å². The highest BCUT2D eigenvalue weighted by molar-refractivity contribution is 4.45. The van der Waals surface area contributed by atoms with Crippen LogP contribution in [0.15, 0.2) is 0 Å². The van der Waals surface area contributed by atoms with Gasteiger partial charge in [0, 0.05) is 13.7 Å². The van der Waals surface area contributed by atoms with E-state index in [4.69, 9.17) is 14.2 Å². The summed E-state index contributed by atoms with van der Waals surface area (Å²) < 4.78 is 15.7. The van der Waals surface area contributed by atoms with Gasteiger partial charge in [-0.25, -0.2) is 0 Å². The van der Waals surface area contributed by atoms with Crippen LogP contribution in [0.5, 0.6) is 0 Å². The molecule has 0 aromatic rings. The highest BCUT2D eigenvalue weighted by atomic mass is 16.5. The second-order valence-corrected chi connectivity index (χ2v) is 4.69. The van der Waals surface area contributed by atoms with Crippen molar-refractivity contribution in [3.05, 3.63) is 0 Å². The van der Waals surface area contributed by atoms with E-state index in [1.165, 1.54) is 51.4 Å². The number of rotatable bonds is 15. The van der Waals surface area contributed by atoms with E-state index in [0.717, 1.165) is 6.61 Å². The van der Waals surface area contributed by atoms with Crippen molar-refractivity contribution in [1.82, 2.24) is 0 Å². The molecule has 0 spiro atoms. The van der Waals surface area contributed by atoms with E-state index < -0.39 is 0 Å². The summed E-state index contributed by atoms with van der Waals surface area (Å²) in [6.45, 7) is 5.86. The van der Waals surface area contributed by atoms with Crippen molar-refractivity contribution in [2.45, 2.75) is 58.3 Å². The number of unbranched alkanes of at least 4 members (excludes halogenated alkanes) is 7. The van der Waals surface area contributed by atoms with Gasteiger partial charge in [0.2, 0.25) is 0 Å². The predicted octanol–water partition coefficient (Wildman–Crippen LogP) is 3.81. The first-order valence-electron chi connectivity index (χ1n) is 7.56. The minimum atomic E-state index is 0.664. The van der Waals surface area contributed by atoms with Crippen molar-refractivity contribution in [1.29, 1.82) is 0 Å². The van der Waals surface area contributed by atoms with Crippen LogP contribution in [-0.4, -0.2) is 40.1 Å². The quantitative estimate of drug-likeness (QED) is 0.419. The van der Waals surface area contributed by atoms with Gasteiger partial charge < -0.3 is 14.2 Å². The molecule has 0 saturated carbocycles. The summed E-state index contributed by atoms with van der Waals surface area (Å²) in [5.74, 6) is 0. The van der Waals surface area contributed by atoms with Gasteiger partial charge in [0.15, 0.2) is 0 Å². The molecule has 0 unspecified atom stereocenters. The topological polar surface area (TPSA) is 27.7 Å². The minimum Gasteiger partial charge on any atom is -0.382 e. The monoisotopic (exact) mass is 260 g/mol. The molecule has 0 aromatic carbocycles. The summed E-state index contributed by atoms with van der Waals surface area (Å²) in [6, 6.07) is 0. The van der Waals surface area contributed by atoms with Crippen molar-refractivity contribution in [2.75, 3.05) is 40.1 Å². The molecule has 3 nitrogen and oxygen atoms in total. The standard InChI is InChI=1S/C15H32O3/c1-3-4-5-6-7-8-9-10-11-17-14-15-18-13-12-16-2/h3-15H2,1-2H3. The van der Waals surface area contributed by atoms with E-state index in [2.05, 4.69) is 6.92 Å². The molecule has 110 valence electrons. The second kappa shape index (κ2) is 16.9. The van der Waals surface area contributed by atoms with Crippen molar-refractivity contribution in [3.8, 4) is 0 Å². The zero-order valence-electron chi connectivity index (χ0n) is 12.4. The van der Waals surface area contributed by atoms with Crippen molar-refractivity contribution < 1.29 is 14.2 Å². The molecule has 0 atom stereocenters. The maximum absolute atomic E-state index is 5.49. The molecule has 0 radical (unpaired) electrons. The summed E-state index contributed by atoms with van der Waals surface area (Å²) in [5, 5.41) is 0. The van der Waals surface area contributed by atoms with Crippen molar-refractivity contribution in [3.63, 3.8) is 0 Å². The Morgan fingerprint density at radius 1 is 0.556 bits per heavy atom. The van der Waals surface area contributed by atoms with E-state index in [1.54, 1.807) is 7.11 Å². The van der Waals surface area contributed by atoms with Gasteiger partial charge in [-0.15, -0.1) is 0 Å². The molecule has 18 heavy (non-hydrogen) atoms. The molecule has 0 aromatic heterocycles. The Balaban J connectivity index is 2.86. The third kappa shape index (κ3) is 15.9. The third-order valence-electron chi connectivity index (χ3n) is 2.95. The van der Waals surface area contributed by atoms with E-state index >= 15 is 0 Å². The molecule has 0 rings (SSSR count). The number of ether oxygens (including phenoxy) is 3. The molecule has 3 heteroatoms. The molecule has 0 aliphatic heterocycles. The number of hydrogen-bond donors (Lipinski definition) is 0. The van der Waals surface area contributed by atoms with E-state index in [9.17, 15) is 0 Å². The summed E-state index contributed by atoms with van der Waals surface area (Å²) in [4.78, 5) is 0. The van der Waals surface area contributed by atoms with Gasteiger partial charge in [-0.3, -0.25) is 0 Å². The molecule has 0 aliphatic carbocycles. The van der Waals surface area contributed by atoms with Crippen LogP contribution in [0.1, 0.15) is 58.3 Å². The fraction of sp³-hybridized carbons (Fsp3) is 1.00.